The molecular formula is C5H5BrCl2N2. The summed E-state index contributed by atoms with van der Waals surface area (Å²) in [6.07, 6.45) is 0. The van der Waals surface area contributed by atoms with Crippen molar-refractivity contribution in [1.29, 1.82) is 0 Å². The predicted octanol–water partition coefficient (Wildman–Crippen LogP) is 3.10. The lowest BCUT2D eigenvalue weighted by atomic mass is 10.7. The van der Waals surface area contributed by atoms with Crippen molar-refractivity contribution >= 4 is 51.1 Å². The maximum atomic E-state index is 5.56. The number of halogens is 3. The van der Waals surface area contributed by atoms with Crippen LogP contribution in [0.2, 0.25) is 0 Å². The Kier molecular flexibility index (Phi) is 4.95. The Morgan fingerprint density at radius 2 is 2.00 bits per heavy atom. The minimum atomic E-state index is 0.0313. The lowest BCUT2D eigenvalue weighted by Gasteiger charge is -1.89. The SMILES string of the molecule is C=NC(Cl)=N/C(Cl)=C(\C)Br. The van der Waals surface area contributed by atoms with E-state index < -0.39 is 0 Å². The molecule has 0 N–H and O–H groups in total. The van der Waals surface area contributed by atoms with Crippen LogP contribution >= 0.6 is 39.1 Å². The van der Waals surface area contributed by atoms with Crippen LogP contribution in [0.3, 0.4) is 0 Å². The molecule has 0 saturated carbocycles. The first-order valence-corrected chi connectivity index (χ1v) is 3.85. The van der Waals surface area contributed by atoms with E-state index in [2.05, 4.69) is 32.6 Å². The van der Waals surface area contributed by atoms with Crippen LogP contribution in [0.25, 0.3) is 0 Å². The van der Waals surface area contributed by atoms with E-state index in [-0.39, 0.29) is 10.5 Å². The molecule has 56 valence electrons. The quantitative estimate of drug-likeness (QED) is 0.384. The second-order valence-electron chi connectivity index (χ2n) is 1.36. The highest BCUT2D eigenvalue weighted by atomic mass is 79.9. The number of hydrogen-bond acceptors (Lipinski definition) is 1. The molecule has 0 aliphatic carbocycles. The molecule has 0 radical (unpaired) electrons. The van der Waals surface area contributed by atoms with Crippen molar-refractivity contribution in [3.63, 3.8) is 0 Å². The highest BCUT2D eigenvalue weighted by Gasteiger charge is 1.93. The van der Waals surface area contributed by atoms with Gasteiger partial charge in [0, 0.05) is 4.48 Å². The van der Waals surface area contributed by atoms with Crippen molar-refractivity contribution in [3.05, 3.63) is 9.64 Å². The van der Waals surface area contributed by atoms with Gasteiger partial charge in [0.2, 0.25) is 5.29 Å². The molecule has 0 aromatic rings. The standard InChI is InChI=1S/C5H5BrCl2N2/c1-3(6)4(7)10-5(8)9-2/h2H2,1H3/b4-3+,10-5?. The molecule has 0 rings (SSSR count). The van der Waals surface area contributed by atoms with E-state index in [0.717, 1.165) is 0 Å². The summed E-state index contributed by atoms with van der Waals surface area (Å²) in [6.45, 7) is 4.91. The predicted molar refractivity (Wildman–Crippen MR) is 50.3 cm³/mol. The van der Waals surface area contributed by atoms with Crippen LogP contribution in [-0.2, 0) is 0 Å². The Balaban J connectivity index is 4.42. The fourth-order valence-electron chi connectivity index (χ4n) is 0.193. The topological polar surface area (TPSA) is 24.7 Å². The summed E-state index contributed by atoms with van der Waals surface area (Å²) in [7, 11) is 0. The van der Waals surface area contributed by atoms with Crippen LogP contribution in [0, 0.1) is 0 Å². The summed E-state index contributed by atoms with van der Waals surface area (Å²) in [5.41, 5.74) is 0. The summed E-state index contributed by atoms with van der Waals surface area (Å²) in [6, 6.07) is 0. The van der Waals surface area contributed by atoms with Crippen LogP contribution in [0.4, 0.5) is 0 Å². The van der Waals surface area contributed by atoms with Gasteiger partial charge in [0.25, 0.3) is 0 Å². The monoisotopic (exact) mass is 242 g/mol. The highest BCUT2D eigenvalue weighted by molar-refractivity contribution is 9.11. The molecule has 0 spiro atoms. The number of hydrogen-bond donors (Lipinski definition) is 0. The summed E-state index contributed by atoms with van der Waals surface area (Å²) < 4.78 is 0.705. The fraction of sp³-hybridized carbons (Fsp3) is 0.200. The molecule has 0 fully saturated rings. The molecule has 5 heteroatoms. The normalized spacial score (nSPS) is 14.6. The van der Waals surface area contributed by atoms with Gasteiger partial charge in [0.1, 0.15) is 5.16 Å². The van der Waals surface area contributed by atoms with Gasteiger partial charge in [-0.3, -0.25) is 0 Å². The summed E-state index contributed by atoms with van der Waals surface area (Å²) >= 11 is 14.1. The van der Waals surface area contributed by atoms with E-state index in [1.54, 1.807) is 6.92 Å². The maximum Gasteiger partial charge on any atom is 0.223 e. The molecule has 10 heavy (non-hydrogen) atoms. The van der Waals surface area contributed by atoms with E-state index in [4.69, 9.17) is 23.2 Å². The molecule has 0 aliphatic heterocycles. The van der Waals surface area contributed by atoms with Gasteiger partial charge in [0.05, 0.1) is 0 Å². The van der Waals surface area contributed by atoms with Crippen molar-refractivity contribution in [3.8, 4) is 0 Å². The molecule has 0 aromatic carbocycles. The van der Waals surface area contributed by atoms with E-state index in [1.807, 2.05) is 0 Å². The molecule has 0 unspecified atom stereocenters. The molecular weight excluding hydrogens is 239 g/mol. The Hall–Kier alpha value is 0.140. The van der Waals surface area contributed by atoms with Crippen LogP contribution < -0.4 is 0 Å². The minimum absolute atomic E-state index is 0.0313. The molecule has 0 bridgehead atoms. The largest absolute Gasteiger partial charge is 0.234 e. The third-order valence-electron chi connectivity index (χ3n) is 0.605. The summed E-state index contributed by atoms with van der Waals surface area (Å²) in [5, 5.41) is 0.307. The summed E-state index contributed by atoms with van der Waals surface area (Å²) in [5.74, 6) is 0. The van der Waals surface area contributed by atoms with Crippen molar-refractivity contribution in [2.24, 2.45) is 9.98 Å². The van der Waals surface area contributed by atoms with Crippen LogP contribution in [0.15, 0.2) is 19.6 Å². The second kappa shape index (κ2) is 4.88. The van der Waals surface area contributed by atoms with E-state index in [0.29, 0.717) is 4.48 Å². The Bertz CT molecular complexity index is 194. The van der Waals surface area contributed by atoms with Crippen molar-refractivity contribution in [2.75, 3.05) is 0 Å². The van der Waals surface area contributed by atoms with E-state index in [1.165, 1.54) is 0 Å². The van der Waals surface area contributed by atoms with Crippen LogP contribution in [0.5, 0.6) is 0 Å². The van der Waals surface area contributed by atoms with Gasteiger partial charge >= 0.3 is 0 Å². The van der Waals surface area contributed by atoms with Crippen molar-refractivity contribution in [2.45, 2.75) is 6.92 Å². The number of rotatable bonds is 1. The number of allylic oxidation sites excluding steroid dienone is 1. The van der Waals surface area contributed by atoms with Gasteiger partial charge < -0.3 is 0 Å². The average Bonchev–Trinajstić information content (AvgIpc) is 1.87. The third-order valence-corrected chi connectivity index (χ3v) is 1.78. The first-order chi connectivity index (χ1) is 4.57. The molecule has 0 heterocycles. The molecule has 0 amide bonds. The smallest absolute Gasteiger partial charge is 0.223 e. The molecule has 0 atom stereocenters. The Morgan fingerprint density at radius 3 is 2.30 bits per heavy atom. The van der Waals surface area contributed by atoms with E-state index >= 15 is 0 Å². The average molecular weight is 244 g/mol. The van der Waals surface area contributed by atoms with E-state index in [9.17, 15) is 0 Å². The molecule has 0 aliphatic rings. The number of aliphatic imine (C=N–C) groups is 2. The number of amidine groups is 1. The highest BCUT2D eigenvalue weighted by Crippen LogP contribution is 2.16. The van der Waals surface area contributed by atoms with Crippen LogP contribution in [0.1, 0.15) is 6.92 Å². The van der Waals surface area contributed by atoms with Gasteiger partial charge in [-0.1, -0.05) is 27.5 Å². The third kappa shape index (κ3) is 4.04. The van der Waals surface area contributed by atoms with Gasteiger partial charge in [-0.2, -0.15) is 0 Å². The second-order valence-corrected chi connectivity index (χ2v) is 3.25. The fourth-order valence-corrected chi connectivity index (χ4v) is 0.490. The Morgan fingerprint density at radius 1 is 1.50 bits per heavy atom. The van der Waals surface area contributed by atoms with Crippen molar-refractivity contribution in [1.82, 2.24) is 0 Å². The van der Waals surface area contributed by atoms with Crippen molar-refractivity contribution < 1.29 is 0 Å². The lowest BCUT2D eigenvalue weighted by molar-refractivity contribution is 1.45. The van der Waals surface area contributed by atoms with Gasteiger partial charge in [-0.05, 0) is 25.2 Å². The Labute approximate surface area is 77.8 Å². The first-order valence-electron chi connectivity index (χ1n) is 2.30. The zero-order chi connectivity index (χ0) is 8.15. The zero-order valence-corrected chi connectivity index (χ0v) is 8.33. The summed E-state index contributed by atoms with van der Waals surface area (Å²) in [4.78, 5) is 6.98. The van der Waals surface area contributed by atoms with Gasteiger partial charge in [0.15, 0.2) is 0 Å². The molecule has 0 saturated heterocycles. The van der Waals surface area contributed by atoms with Gasteiger partial charge in [-0.25, -0.2) is 9.98 Å². The minimum Gasteiger partial charge on any atom is -0.234 e. The van der Waals surface area contributed by atoms with Gasteiger partial charge in [-0.15, -0.1) is 0 Å². The van der Waals surface area contributed by atoms with Crippen LogP contribution in [-0.4, -0.2) is 12.0 Å². The lowest BCUT2D eigenvalue weighted by Crippen LogP contribution is -1.78. The maximum absolute atomic E-state index is 5.56. The zero-order valence-electron chi connectivity index (χ0n) is 5.24. The molecule has 0 aromatic heterocycles. The molecule has 2 nitrogen and oxygen atoms in total. The number of nitrogens with zero attached hydrogens (tertiary/aromatic N) is 2. The first kappa shape index (κ1) is 10.1.